The van der Waals surface area contributed by atoms with Crippen LogP contribution in [0.4, 0.5) is 0 Å². The molecule has 0 aromatic carbocycles. The molecule has 1 saturated carbocycles. The Morgan fingerprint density at radius 1 is 1.11 bits per heavy atom. The molecule has 0 radical (unpaired) electrons. The Morgan fingerprint density at radius 2 is 1.79 bits per heavy atom. The normalized spacial score (nSPS) is 31.7. The van der Waals surface area contributed by atoms with Crippen LogP contribution < -0.4 is 5.32 Å². The quantitative estimate of drug-likeness (QED) is 0.829. The molecule has 1 amide bonds. The van der Waals surface area contributed by atoms with Crippen molar-refractivity contribution in [1.82, 2.24) is 5.32 Å². The first-order chi connectivity index (χ1) is 9.16. The molecule has 1 heterocycles. The van der Waals surface area contributed by atoms with E-state index in [-0.39, 0.29) is 17.7 Å². The summed E-state index contributed by atoms with van der Waals surface area (Å²) in [5, 5.41) is 12.5. The highest BCUT2D eigenvalue weighted by molar-refractivity contribution is 8.06. The summed E-state index contributed by atoms with van der Waals surface area (Å²) in [5.74, 6) is 2.71. The van der Waals surface area contributed by atoms with E-state index < -0.39 is 5.97 Å². The monoisotopic (exact) mass is 303 g/mol. The van der Waals surface area contributed by atoms with E-state index in [1.807, 2.05) is 23.5 Å². The Morgan fingerprint density at radius 3 is 2.37 bits per heavy atom. The third kappa shape index (κ3) is 4.60. The number of hydrogen-bond acceptors (Lipinski definition) is 4. The van der Waals surface area contributed by atoms with Crippen molar-refractivity contribution in [1.29, 1.82) is 0 Å². The number of carboxylic acid groups (broad SMARTS) is 1. The molecule has 2 N–H and O–H groups in total. The molecule has 0 aromatic heterocycles. The van der Waals surface area contributed by atoms with Crippen LogP contribution in [-0.2, 0) is 9.59 Å². The highest BCUT2D eigenvalue weighted by atomic mass is 32.2. The van der Waals surface area contributed by atoms with E-state index in [0.717, 1.165) is 25.1 Å². The smallest absolute Gasteiger partial charge is 0.306 e. The van der Waals surface area contributed by atoms with Gasteiger partial charge in [-0.3, -0.25) is 9.59 Å². The predicted octanol–water partition coefficient (Wildman–Crippen LogP) is 1.84. The summed E-state index contributed by atoms with van der Waals surface area (Å²) in [6.45, 7) is 0.759. The van der Waals surface area contributed by atoms with Crippen LogP contribution >= 0.6 is 23.5 Å². The van der Waals surface area contributed by atoms with Gasteiger partial charge in [-0.25, -0.2) is 0 Å². The first kappa shape index (κ1) is 15.0. The number of carbonyl (C=O) groups excluding carboxylic acids is 1. The van der Waals surface area contributed by atoms with E-state index in [4.69, 9.17) is 5.11 Å². The maximum absolute atomic E-state index is 12.0. The fourth-order valence-corrected chi connectivity index (χ4v) is 5.23. The largest absolute Gasteiger partial charge is 0.481 e. The number of nitrogens with one attached hydrogen (secondary N) is 1. The van der Waals surface area contributed by atoms with Gasteiger partial charge in [0.1, 0.15) is 0 Å². The van der Waals surface area contributed by atoms with Crippen molar-refractivity contribution in [3.63, 3.8) is 0 Å². The molecule has 4 nitrogen and oxygen atoms in total. The second-order valence-electron chi connectivity index (χ2n) is 5.20. The van der Waals surface area contributed by atoms with Gasteiger partial charge in [-0.1, -0.05) is 0 Å². The van der Waals surface area contributed by atoms with Crippen LogP contribution in [0, 0.1) is 11.8 Å². The fraction of sp³-hybridized carbons (Fsp3) is 0.846. The third-order valence-electron chi connectivity index (χ3n) is 3.84. The van der Waals surface area contributed by atoms with Crippen molar-refractivity contribution in [3.05, 3.63) is 0 Å². The molecule has 6 heteroatoms. The minimum atomic E-state index is -0.713. The molecule has 1 aliphatic heterocycles. The molecule has 1 atom stereocenters. The van der Waals surface area contributed by atoms with Gasteiger partial charge in [0.25, 0.3) is 0 Å². The highest BCUT2D eigenvalue weighted by Crippen LogP contribution is 2.29. The molecule has 2 rings (SSSR count). The van der Waals surface area contributed by atoms with Crippen molar-refractivity contribution in [2.24, 2.45) is 11.8 Å². The predicted molar refractivity (Wildman–Crippen MR) is 79.7 cm³/mol. The first-order valence-corrected chi connectivity index (χ1v) is 9.07. The van der Waals surface area contributed by atoms with Crippen molar-refractivity contribution in [3.8, 4) is 0 Å². The average Bonchev–Trinajstić information content (AvgIpc) is 2.46. The second-order valence-corrected chi connectivity index (χ2v) is 7.76. The molecule has 0 aromatic rings. The van der Waals surface area contributed by atoms with E-state index in [2.05, 4.69) is 5.32 Å². The lowest BCUT2D eigenvalue weighted by Crippen LogP contribution is -2.38. The number of amides is 1. The zero-order chi connectivity index (χ0) is 13.7. The van der Waals surface area contributed by atoms with Gasteiger partial charge in [-0.2, -0.15) is 23.5 Å². The zero-order valence-corrected chi connectivity index (χ0v) is 12.6. The number of aliphatic carboxylic acids is 1. The summed E-state index contributed by atoms with van der Waals surface area (Å²) in [4.78, 5) is 22.9. The van der Waals surface area contributed by atoms with Crippen LogP contribution in [0.3, 0.4) is 0 Å². The summed E-state index contributed by atoms with van der Waals surface area (Å²) in [7, 11) is 0. The lowest BCUT2D eigenvalue weighted by atomic mass is 9.81. The van der Waals surface area contributed by atoms with Crippen LogP contribution in [0.15, 0.2) is 0 Å². The van der Waals surface area contributed by atoms with E-state index >= 15 is 0 Å². The minimum Gasteiger partial charge on any atom is -0.481 e. The lowest BCUT2D eigenvalue weighted by molar-refractivity contribution is -0.144. The van der Waals surface area contributed by atoms with Gasteiger partial charge in [-0.05, 0) is 25.7 Å². The van der Waals surface area contributed by atoms with Gasteiger partial charge in [0.2, 0.25) is 5.91 Å². The van der Waals surface area contributed by atoms with Crippen molar-refractivity contribution in [2.45, 2.75) is 30.9 Å². The number of carboxylic acids is 1. The standard InChI is InChI=1S/C13H21NO3S2/c15-12(14-7-11-8-18-5-6-19-11)9-1-3-10(4-2-9)13(16)17/h9-11H,1-8H2,(H,14,15)(H,16,17). The molecular weight excluding hydrogens is 282 g/mol. The summed E-state index contributed by atoms with van der Waals surface area (Å²) in [6.07, 6.45) is 2.72. The molecule has 0 spiro atoms. The van der Waals surface area contributed by atoms with E-state index in [0.29, 0.717) is 18.1 Å². The number of hydrogen-bond donors (Lipinski definition) is 2. The van der Waals surface area contributed by atoms with Gasteiger partial charge in [0.05, 0.1) is 5.92 Å². The van der Waals surface area contributed by atoms with Gasteiger partial charge in [0.15, 0.2) is 0 Å². The maximum Gasteiger partial charge on any atom is 0.306 e. The van der Waals surface area contributed by atoms with Gasteiger partial charge in [-0.15, -0.1) is 0 Å². The van der Waals surface area contributed by atoms with Crippen LogP contribution in [0.1, 0.15) is 25.7 Å². The molecule has 108 valence electrons. The summed E-state index contributed by atoms with van der Waals surface area (Å²) < 4.78 is 0. The van der Waals surface area contributed by atoms with Crippen molar-refractivity contribution >= 4 is 35.4 Å². The van der Waals surface area contributed by atoms with Crippen LogP contribution in [-0.4, -0.2) is 46.0 Å². The molecule has 1 aliphatic carbocycles. The average molecular weight is 303 g/mol. The van der Waals surface area contributed by atoms with E-state index in [1.54, 1.807) is 0 Å². The van der Waals surface area contributed by atoms with Crippen LogP contribution in [0.25, 0.3) is 0 Å². The first-order valence-electron chi connectivity index (χ1n) is 6.86. The Labute approximate surface area is 122 Å². The highest BCUT2D eigenvalue weighted by Gasteiger charge is 2.29. The Bertz CT molecular complexity index is 324. The van der Waals surface area contributed by atoms with Crippen molar-refractivity contribution in [2.75, 3.05) is 23.8 Å². The van der Waals surface area contributed by atoms with Gasteiger partial charge in [0, 0.05) is 35.0 Å². The van der Waals surface area contributed by atoms with Crippen LogP contribution in [0.5, 0.6) is 0 Å². The van der Waals surface area contributed by atoms with Crippen molar-refractivity contribution < 1.29 is 14.7 Å². The Balaban J connectivity index is 1.67. The second kappa shape index (κ2) is 7.43. The minimum absolute atomic E-state index is 0.0249. The van der Waals surface area contributed by atoms with Gasteiger partial charge < -0.3 is 10.4 Å². The third-order valence-corrected chi connectivity index (χ3v) is 6.68. The summed E-state index contributed by atoms with van der Waals surface area (Å²) in [5.41, 5.74) is 0. The molecule has 2 aliphatic rings. The van der Waals surface area contributed by atoms with E-state index in [1.165, 1.54) is 11.5 Å². The SMILES string of the molecule is O=C(O)C1CCC(C(=O)NCC2CSCCS2)CC1. The Kier molecular flexibility index (Phi) is 5.88. The lowest BCUT2D eigenvalue weighted by Gasteiger charge is -2.26. The molecule has 19 heavy (non-hydrogen) atoms. The molecule has 1 saturated heterocycles. The molecular formula is C13H21NO3S2. The summed E-state index contributed by atoms with van der Waals surface area (Å²) in [6, 6.07) is 0. The fourth-order valence-electron chi connectivity index (χ4n) is 2.62. The maximum atomic E-state index is 12.0. The molecule has 1 unspecified atom stereocenters. The Hall–Kier alpha value is -0.360. The molecule has 2 fully saturated rings. The van der Waals surface area contributed by atoms with E-state index in [9.17, 15) is 9.59 Å². The van der Waals surface area contributed by atoms with Crippen LogP contribution in [0.2, 0.25) is 0 Å². The van der Waals surface area contributed by atoms with Gasteiger partial charge >= 0.3 is 5.97 Å². The number of thioether (sulfide) groups is 2. The zero-order valence-electron chi connectivity index (χ0n) is 11.0. The number of rotatable bonds is 4. The summed E-state index contributed by atoms with van der Waals surface area (Å²) >= 11 is 3.90. The topological polar surface area (TPSA) is 66.4 Å². The number of carbonyl (C=O) groups is 2. The molecule has 0 bridgehead atoms.